The summed E-state index contributed by atoms with van der Waals surface area (Å²) >= 11 is 0. The smallest absolute Gasteiger partial charge is 0.254 e. The van der Waals surface area contributed by atoms with E-state index in [2.05, 4.69) is 35.3 Å². The van der Waals surface area contributed by atoms with Gasteiger partial charge in [-0.25, -0.2) is 4.98 Å². The lowest BCUT2D eigenvalue weighted by molar-refractivity contribution is 0.0745. The average Bonchev–Trinajstić information content (AvgIpc) is 2.82. The third-order valence-corrected chi connectivity index (χ3v) is 5.03. The van der Waals surface area contributed by atoms with E-state index in [4.69, 9.17) is 0 Å². The van der Waals surface area contributed by atoms with Gasteiger partial charge in [0.25, 0.3) is 5.91 Å². The first kappa shape index (κ1) is 17.7. The van der Waals surface area contributed by atoms with Gasteiger partial charge in [-0.15, -0.1) is 0 Å². The second-order valence-corrected chi connectivity index (χ2v) is 7.29. The number of hydrogen-bond acceptors (Lipinski definition) is 3. The quantitative estimate of drug-likeness (QED) is 0.859. The van der Waals surface area contributed by atoms with Gasteiger partial charge >= 0.3 is 0 Å². The number of aromatic nitrogens is 2. The molecule has 134 valence electrons. The molecule has 0 atom stereocenters. The van der Waals surface area contributed by atoms with Gasteiger partial charge in [0.15, 0.2) is 0 Å². The van der Waals surface area contributed by atoms with Crippen LogP contribution >= 0.6 is 0 Å². The summed E-state index contributed by atoms with van der Waals surface area (Å²) in [5, 5.41) is 0. The summed E-state index contributed by atoms with van der Waals surface area (Å²) in [6, 6.07) is 8.32. The molecular formula is C20H28N4O. The van der Waals surface area contributed by atoms with E-state index < -0.39 is 0 Å². The Labute approximate surface area is 150 Å². The Bertz CT molecular complexity index is 750. The molecule has 1 aromatic carbocycles. The molecule has 0 spiro atoms. The molecule has 1 aliphatic heterocycles. The van der Waals surface area contributed by atoms with Crippen molar-refractivity contribution in [2.75, 3.05) is 13.6 Å². The van der Waals surface area contributed by atoms with Crippen molar-refractivity contribution in [1.82, 2.24) is 19.4 Å². The Morgan fingerprint density at radius 1 is 1.32 bits per heavy atom. The van der Waals surface area contributed by atoms with Gasteiger partial charge in [0.05, 0.1) is 24.3 Å². The van der Waals surface area contributed by atoms with Crippen molar-refractivity contribution in [3.63, 3.8) is 0 Å². The fourth-order valence-electron chi connectivity index (χ4n) is 3.20. The van der Waals surface area contributed by atoms with Crippen molar-refractivity contribution in [3.8, 4) is 0 Å². The highest BCUT2D eigenvalue weighted by molar-refractivity contribution is 5.94. The Morgan fingerprint density at radius 3 is 2.84 bits per heavy atom. The number of amides is 1. The zero-order valence-corrected chi connectivity index (χ0v) is 15.7. The highest BCUT2D eigenvalue weighted by Gasteiger charge is 2.23. The molecule has 0 aliphatic carbocycles. The van der Waals surface area contributed by atoms with Crippen molar-refractivity contribution < 1.29 is 4.79 Å². The van der Waals surface area contributed by atoms with E-state index in [1.807, 2.05) is 42.4 Å². The van der Waals surface area contributed by atoms with Gasteiger partial charge in [-0.2, -0.15) is 0 Å². The largest absolute Gasteiger partial charge is 0.333 e. The Hall–Kier alpha value is -2.14. The van der Waals surface area contributed by atoms with Gasteiger partial charge in [0.1, 0.15) is 0 Å². The zero-order valence-electron chi connectivity index (χ0n) is 15.7. The standard InChI is InChI=1S/C20H28N4O/c1-15(2)22(4)12-18-19-13-23(9-6-10-24(19)14-21-18)20(25)17-8-5-7-16(3)11-17/h5,7-8,11,14-15H,6,9-10,12-13H2,1-4H3. The maximum absolute atomic E-state index is 13.0. The zero-order chi connectivity index (χ0) is 18.0. The molecule has 0 saturated carbocycles. The van der Waals surface area contributed by atoms with Gasteiger partial charge in [0.2, 0.25) is 0 Å². The second kappa shape index (κ2) is 7.40. The van der Waals surface area contributed by atoms with Gasteiger partial charge in [-0.05, 0) is 46.4 Å². The molecule has 0 radical (unpaired) electrons. The molecule has 1 aliphatic rings. The van der Waals surface area contributed by atoms with Crippen LogP contribution in [-0.2, 0) is 19.6 Å². The van der Waals surface area contributed by atoms with Crippen LogP contribution in [0.5, 0.6) is 0 Å². The summed E-state index contributed by atoms with van der Waals surface area (Å²) in [6.45, 7) is 9.54. The number of nitrogens with zero attached hydrogens (tertiary/aromatic N) is 4. The highest BCUT2D eigenvalue weighted by Crippen LogP contribution is 2.20. The first-order valence-corrected chi connectivity index (χ1v) is 9.04. The van der Waals surface area contributed by atoms with E-state index in [1.165, 1.54) is 5.69 Å². The summed E-state index contributed by atoms with van der Waals surface area (Å²) in [5.74, 6) is 0.113. The van der Waals surface area contributed by atoms with Gasteiger partial charge in [0, 0.05) is 31.2 Å². The van der Waals surface area contributed by atoms with Crippen LogP contribution in [0, 0.1) is 6.92 Å². The topological polar surface area (TPSA) is 41.4 Å². The second-order valence-electron chi connectivity index (χ2n) is 7.29. The summed E-state index contributed by atoms with van der Waals surface area (Å²) in [4.78, 5) is 21.8. The summed E-state index contributed by atoms with van der Waals surface area (Å²) < 4.78 is 2.22. The lowest BCUT2D eigenvalue weighted by atomic mass is 10.1. The third-order valence-electron chi connectivity index (χ3n) is 5.03. The maximum atomic E-state index is 13.0. The lowest BCUT2D eigenvalue weighted by Crippen LogP contribution is -2.32. The Kier molecular flexibility index (Phi) is 5.23. The number of carbonyl (C=O) groups is 1. The van der Waals surface area contributed by atoms with Crippen LogP contribution in [0.2, 0.25) is 0 Å². The number of imidazole rings is 1. The number of fused-ring (bicyclic) bond motifs is 1. The van der Waals surface area contributed by atoms with Crippen LogP contribution in [-0.4, -0.2) is 44.9 Å². The molecule has 5 heteroatoms. The third kappa shape index (κ3) is 3.93. The molecule has 0 N–H and O–H groups in total. The number of carbonyl (C=O) groups excluding carboxylic acids is 1. The molecule has 1 aromatic heterocycles. The first-order chi connectivity index (χ1) is 12.0. The number of hydrogen-bond donors (Lipinski definition) is 0. The molecule has 2 heterocycles. The fraction of sp³-hybridized carbons (Fsp3) is 0.500. The minimum atomic E-state index is 0.113. The molecule has 25 heavy (non-hydrogen) atoms. The van der Waals surface area contributed by atoms with Crippen LogP contribution in [0.25, 0.3) is 0 Å². The van der Waals surface area contributed by atoms with E-state index in [-0.39, 0.29) is 5.91 Å². The maximum Gasteiger partial charge on any atom is 0.254 e. The number of aryl methyl sites for hydroxylation is 2. The molecule has 0 saturated heterocycles. The van der Waals surface area contributed by atoms with Gasteiger partial charge in [-0.3, -0.25) is 9.69 Å². The SMILES string of the molecule is Cc1cccc(C(=O)N2CCCn3cnc(CN(C)C(C)C)c3C2)c1. The molecule has 3 rings (SSSR count). The van der Waals surface area contributed by atoms with Crippen LogP contribution in [0.15, 0.2) is 30.6 Å². The molecule has 0 bridgehead atoms. The van der Waals surface area contributed by atoms with E-state index >= 15 is 0 Å². The van der Waals surface area contributed by atoms with E-state index in [1.54, 1.807) is 0 Å². The van der Waals surface area contributed by atoms with Crippen LogP contribution in [0.4, 0.5) is 0 Å². The molecule has 1 amide bonds. The van der Waals surface area contributed by atoms with Crippen molar-refractivity contribution in [2.24, 2.45) is 0 Å². The van der Waals surface area contributed by atoms with E-state index in [9.17, 15) is 4.79 Å². The Balaban J connectivity index is 1.82. The number of benzene rings is 1. The highest BCUT2D eigenvalue weighted by atomic mass is 16.2. The average molecular weight is 340 g/mol. The van der Waals surface area contributed by atoms with Crippen LogP contribution in [0.3, 0.4) is 0 Å². The normalized spacial score (nSPS) is 14.7. The summed E-state index contributed by atoms with van der Waals surface area (Å²) in [5.41, 5.74) is 4.14. The molecular weight excluding hydrogens is 312 g/mol. The van der Waals surface area contributed by atoms with Gasteiger partial charge < -0.3 is 9.47 Å². The van der Waals surface area contributed by atoms with Crippen LogP contribution < -0.4 is 0 Å². The van der Waals surface area contributed by atoms with Crippen molar-refractivity contribution in [3.05, 3.63) is 53.1 Å². The lowest BCUT2D eigenvalue weighted by Gasteiger charge is -2.23. The molecule has 5 nitrogen and oxygen atoms in total. The first-order valence-electron chi connectivity index (χ1n) is 9.04. The van der Waals surface area contributed by atoms with E-state index in [0.29, 0.717) is 12.6 Å². The number of rotatable bonds is 4. The molecule has 2 aromatic rings. The minimum absolute atomic E-state index is 0.113. The Morgan fingerprint density at radius 2 is 2.12 bits per heavy atom. The summed E-state index contributed by atoms with van der Waals surface area (Å²) in [6.07, 6.45) is 2.89. The summed E-state index contributed by atoms with van der Waals surface area (Å²) in [7, 11) is 2.11. The van der Waals surface area contributed by atoms with Crippen LogP contribution in [0.1, 0.15) is 47.6 Å². The monoisotopic (exact) mass is 340 g/mol. The molecule has 0 fully saturated rings. The molecule has 0 unspecified atom stereocenters. The van der Waals surface area contributed by atoms with Crippen molar-refractivity contribution in [2.45, 2.75) is 52.9 Å². The van der Waals surface area contributed by atoms with Gasteiger partial charge in [-0.1, -0.05) is 17.7 Å². The van der Waals surface area contributed by atoms with Crippen molar-refractivity contribution >= 4 is 5.91 Å². The fourth-order valence-corrected chi connectivity index (χ4v) is 3.20. The predicted molar refractivity (Wildman–Crippen MR) is 99.4 cm³/mol. The van der Waals surface area contributed by atoms with Crippen molar-refractivity contribution in [1.29, 1.82) is 0 Å². The minimum Gasteiger partial charge on any atom is -0.333 e. The van der Waals surface area contributed by atoms with E-state index in [0.717, 1.165) is 42.9 Å². The predicted octanol–water partition coefficient (Wildman–Crippen LogP) is 3.08.